The summed E-state index contributed by atoms with van der Waals surface area (Å²) in [6, 6.07) is 10.8. The maximum atomic E-state index is 3.04. The molecule has 88 valence electrons. The van der Waals surface area contributed by atoms with Gasteiger partial charge in [-0.25, -0.2) is 0 Å². The second-order valence-corrected chi connectivity index (χ2v) is 5.35. The highest BCUT2D eigenvalue weighted by Gasteiger charge is 2.12. The van der Waals surface area contributed by atoms with Crippen molar-refractivity contribution in [3.63, 3.8) is 0 Å². The molecule has 1 N–H and O–H groups in total. The number of hydrogen-bond donors (Lipinski definition) is 1. The van der Waals surface area contributed by atoms with E-state index in [0.29, 0.717) is 0 Å². The predicted octanol–water partition coefficient (Wildman–Crippen LogP) is 4.48. The Hall–Kier alpha value is -1.76. The lowest BCUT2D eigenvalue weighted by molar-refractivity contribution is 0.590. The molecule has 0 saturated heterocycles. The zero-order valence-electron chi connectivity index (χ0n) is 10.7. The van der Waals surface area contributed by atoms with Crippen molar-refractivity contribution in [3.05, 3.63) is 59.4 Å². The van der Waals surface area contributed by atoms with Crippen molar-refractivity contribution in [2.24, 2.45) is 0 Å². The van der Waals surface area contributed by atoms with E-state index < -0.39 is 0 Å². The van der Waals surface area contributed by atoms with Gasteiger partial charge < -0.3 is 4.98 Å². The lowest BCUT2D eigenvalue weighted by Gasteiger charge is -2.18. The lowest BCUT2D eigenvalue weighted by Crippen LogP contribution is -2.10. The molecule has 0 atom stereocenters. The van der Waals surface area contributed by atoms with Crippen LogP contribution in [-0.2, 0) is 5.41 Å². The van der Waals surface area contributed by atoms with Crippen LogP contribution >= 0.6 is 0 Å². The third kappa shape index (κ3) is 3.10. The van der Waals surface area contributed by atoms with Crippen LogP contribution in [0, 0.1) is 0 Å². The van der Waals surface area contributed by atoms with Crippen LogP contribution in [0.1, 0.15) is 37.5 Å². The minimum Gasteiger partial charge on any atom is -0.367 e. The van der Waals surface area contributed by atoms with E-state index >= 15 is 0 Å². The summed E-state index contributed by atoms with van der Waals surface area (Å²) >= 11 is 0. The first-order chi connectivity index (χ1) is 8.05. The fraction of sp³-hybridized carbons (Fsp3) is 0.250. The molecule has 1 aromatic heterocycles. The molecule has 0 aliphatic heterocycles. The zero-order valence-corrected chi connectivity index (χ0v) is 10.7. The molecule has 2 rings (SSSR count). The Morgan fingerprint density at radius 2 is 1.53 bits per heavy atom. The Balaban J connectivity index is 2.14. The Labute approximate surface area is 103 Å². The molecular weight excluding hydrogens is 206 g/mol. The van der Waals surface area contributed by atoms with Crippen molar-refractivity contribution < 1.29 is 0 Å². The second-order valence-electron chi connectivity index (χ2n) is 5.35. The second kappa shape index (κ2) is 4.62. The lowest BCUT2D eigenvalue weighted by atomic mass is 9.87. The molecule has 2 aromatic rings. The van der Waals surface area contributed by atoms with Gasteiger partial charge >= 0.3 is 0 Å². The van der Waals surface area contributed by atoms with Crippen LogP contribution in [0.25, 0.3) is 12.2 Å². The van der Waals surface area contributed by atoms with Gasteiger partial charge in [0, 0.05) is 12.4 Å². The van der Waals surface area contributed by atoms with Crippen LogP contribution in [-0.4, -0.2) is 4.98 Å². The highest BCUT2D eigenvalue weighted by Crippen LogP contribution is 2.22. The van der Waals surface area contributed by atoms with Crippen LogP contribution in [0.4, 0.5) is 0 Å². The van der Waals surface area contributed by atoms with Crippen molar-refractivity contribution in [2.45, 2.75) is 26.2 Å². The van der Waals surface area contributed by atoms with Crippen molar-refractivity contribution in [3.8, 4) is 0 Å². The maximum absolute atomic E-state index is 3.04. The van der Waals surface area contributed by atoms with E-state index in [2.05, 4.69) is 68.2 Å². The molecule has 0 fully saturated rings. The normalized spacial score (nSPS) is 12.2. The van der Waals surface area contributed by atoms with Gasteiger partial charge in [-0.1, -0.05) is 57.2 Å². The van der Waals surface area contributed by atoms with E-state index in [1.54, 1.807) is 0 Å². The summed E-state index contributed by atoms with van der Waals surface area (Å²) in [5.74, 6) is 0. The SMILES string of the molecule is CC(C)(C)c1ccc(/C=C/c2cc[nH]c2)cc1. The van der Waals surface area contributed by atoms with Crippen molar-refractivity contribution in [2.75, 3.05) is 0 Å². The summed E-state index contributed by atoms with van der Waals surface area (Å²) in [6.45, 7) is 6.70. The first-order valence-electron chi connectivity index (χ1n) is 5.97. The summed E-state index contributed by atoms with van der Waals surface area (Å²) in [4.78, 5) is 3.04. The number of benzene rings is 1. The van der Waals surface area contributed by atoms with Crippen molar-refractivity contribution >= 4 is 12.2 Å². The van der Waals surface area contributed by atoms with Crippen LogP contribution in [0.15, 0.2) is 42.7 Å². The van der Waals surface area contributed by atoms with Gasteiger partial charge in [0.15, 0.2) is 0 Å². The van der Waals surface area contributed by atoms with Crippen LogP contribution in [0.5, 0.6) is 0 Å². The third-order valence-corrected chi connectivity index (χ3v) is 2.87. The van der Waals surface area contributed by atoms with E-state index in [9.17, 15) is 0 Å². The number of hydrogen-bond acceptors (Lipinski definition) is 0. The van der Waals surface area contributed by atoms with Gasteiger partial charge in [-0.05, 0) is 28.2 Å². The maximum Gasteiger partial charge on any atom is 0.00781 e. The molecule has 0 aliphatic rings. The number of aromatic amines is 1. The molecule has 1 nitrogen and oxygen atoms in total. The summed E-state index contributed by atoms with van der Waals surface area (Å²) in [6.07, 6.45) is 8.17. The van der Waals surface area contributed by atoms with E-state index in [-0.39, 0.29) is 5.41 Å². The average Bonchev–Trinajstić information content (AvgIpc) is 2.78. The standard InChI is InChI=1S/C16H19N/c1-16(2,3)15-8-6-13(7-9-15)4-5-14-10-11-17-12-14/h4-12,17H,1-3H3/b5-4+. The van der Waals surface area contributed by atoms with E-state index in [1.807, 2.05) is 12.4 Å². The Bertz CT molecular complexity index is 481. The fourth-order valence-corrected chi connectivity index (χ4v) is 1.73. The molecule has 0 aliphatic carbocycles. The monoisotopic (exact) mass is 225 g/mol. The van der Waals surface area contributed by atoms with E-state index in [4.69, 9.17) is 0 Å². The highest BCUT2D eigenvalue weighted by atomic mass is 14.6. The largest absolute Gasteiger partial charge is 0.367 e. The van der Waals surface area contributed by atoms with Gasteiger partial charge in [-0.3, -0.25) is 0 Å². The molecule has 17 heavy (non-hydrogen) atoms. The highest BCUT2D eigenvalue weighted by molar-refractivity contribution is 5.69. The Morgan fingerprint density at radius 1 is 0.882 bits per heavy atom. The van der Waals surface area contributed by atoms with Gasteiger partial charge in [0.05, 0.1) is 0 Å². The summed E-state index contributed by atoms with van der Waals surface area (Å²) in [5.41, 5.74) is 4.03. The summed E-state index contributed by atoms with van der Waals surface area (Å²) < 4.78 is 0. The predicted molar refractivity (Wildman–Crippen MR) is 74.9 cm³/mol. The van der Waals surface area contributed by atoms with Gasteiger partial charge in [0.25, 0.3) is 0 Å². The van der Waals surface area contributed by atoms with Crippen molar-refractivity contribution in [1.29, 1.82) is 0 Å². The molecule has 0 unspecified atom stereocenters. The molecule has 1 heteroatoms. The summed E-state index contributed by atoms with van der Waals surface area (Å²) in [5, 5.41) is 0. The first-order valence-corrected chi connectivity index (χ1v) is 5.97. The molecule has 0 bridgehead atoms. The van der Waals surface area contributed by atoms with Crippen molar-refractivity contribution in [1.82, 2.24) is 4.98 Å². The number of nitrogens with one attached hydrogen (secondary N) is 1. The molecule has 0 spiro atoms. The number of rotatable bonds is 2. The Kier molecular flexibility index (Phi) is 3.19. The van der Waals surface area contributed by atoms with Crippen LogP contribution < -0.4 is 0 Å². The van der Waals surface area contributed by atoms with E-state index in [0.717, 1.165) is 0 Å². The molecule has 0 radical (unpaired) electrons. The molecule has 1 aromatic carbocycles. The zero-order chi connectivity index (χ0) is 12.3. The molecular formula is C16H19N. The first kappa shape index (κ1) is 11.7. The molecule has 1 heterocycles. The van der Waals surface area contributed by atoms with Crippen LogP contribution in [0.3, 0.4) is 0 Å². The minimum absolute atomic E-state index is 0.225. The van der Waals surface area contributed by atoms with Gasteiger partial charge in [-0.2, -0.15) is 0 Å². The fourth-order valence-electron chi connectivity index (χ4n) is 1.73. The smallest absolute Gasteiger partial charge is 0.00781 e. The average molecular weight is 225 g/mol. The third-order valence-electron chi connectivity index (χ3n) is 2.87. The quantitative estimate of drug-likeness (QED) is 0.775. The Morgan fingerprint density at radius 3 is 2.06 bits per heavy atom. The van der Waals surface area contributed by atoms with Gasteiger partial charge in [0.2, 0.25) is 0 Å². The topological polar surface area (TPSA) is 15.8 Å². The van der Waals surface area contributed by atoms with Gasteiger partial charge in [-0.15, -0.1) is 0 Å². The van der Waals surface area contributed by atoms with Gasteiger partial charge in [0.1, 0.15) is 0 Å². The molecule has 0 saturated carbocycles. The number of aromatic nitrogens is 1. The molecule has 0 amide bonds. The number of H-pyrrole nitrogens is 1. The van der Waals surface area contributed by atoms with Crippen LogP contribution in [0.2, 0.25) is 0 Å². The van der Waals surface area contributed by atoms with E-state index in [1.165, 1.54) is 16.7 Å². The summed E-state index contributed by atoms with van der Waals surface area (Å²) in [7, 11) is 0. The minimum atomic E-state index is 0.225.